The Balaban J connectivity index is 2.15. The maximum absolute atomic E-state index is 13.8. The van der Waals surface area contributed by atoms with Crippen LogP contribution in [0, 0.1) is 5.82 Å². The number of ketones is 1. The predicted octanol–water partition coefficient (Wildman–Crippen LogP) is 3.73. The zero-order valence-electron chi connectivity index (χ0n) is 10.8. The van der Waals surface area contributed by atoms with Gasteiger partial charge in [0.05, 0.1) is 0 Å². The first-order valence-corrected chi connectivity index (χ1v) is 6.48. The Morgan fingerprint density at radius 3 is 2.63 bits per heavy atom. The van der Waals surface area contributed by atoms with Gasteiger partial charge in [0.2, 0.25) is 0 Å². The molecule has 0 saturated carbocycles. The Morgan fingerprint density at radius 1 is 1.21 bits per heavy atom. The summed E-state index contributed by atoms with van der Waals surface area (Å²) in [4.78, 5) is 12.6. The monoisotopic (exact) mass is 258 g/mol. The summed E-state index contributed by atoms with van der Waals surface area (Å²) < 4.78 is 19.4. The molecule has 0 aliphatic carbocycles. The van der Waals surface area contributed by atoms with E-state index in [1.54, 1.807) is 24.3 Å². The van der Waals surface area contributed by atoms with Gasteiger partial charge in [-0.1, -0.05) is 24.3 Å². The fourth-order valence-corrected chi connectivity index (χ4v) is 2.70. The summed E-state index contributed by atoms with van der Waals surface area (Å²) >= 11 is 0. The van der Waals surface area contributed by atoms with Crippen LogP contribution in [-0.4, -0.2) is 18.0 Å². The summed E-state index contributed by atoms with van der Waals surface area (Å²) in [5, 5.41) is 1.14. The molecule has 3 rings (SSSR count). The number of carbonyl (C=O) groups excluding carboxylic acids is 1. The minimum absolute atomic E-state index is 0.0544. The summed E-state index contributed by atoms with van der Waals surface area (Å²) in [6.45, 7) is 2.43. The molecule has 19 heavy (non-hydrogen) atoms. The van der Waals surface area contributed by atoms with Crippen LogP contribution in [0.25, 0.3) is 10.8 Å². The fourth-order valence-electron chi connectivity index (χ4n) is 2.70. The van der Waals surface area contributed by atoms with Crippen LogP contribution < -0.4 is 0 Å². The van der Waals surface area contributed by atoms with E-state index in [1.807, 2.05) is 13.0 Å². The van der Waals surface area contributed by atoms with E-state index in [0.29, 0.717) is 22.9 Å². The topological polar surface area (TPSA) is 26.3 Å². The summed E-state index contributed by atoms with van der Waals surface area (Å²) in [6.07, 6.45) is 1.61. The molecule has 1 aliphatic heterocycles. The molecule has 0 amide bonds. The van der Waals surface area contributed by atoms with Crippen LogP contribution in [0.4, 0.5) is 4.39 Å². The molecule has 2 aromatic carbocycles. The van der Waals surface area contributed by atoms with Gasteiger partial charge in [0.1, 0.15) is 11.4 Å². The van der Waals surface area contributed by atoms with Gasteiger partial charge in [-0.2, -0.15) is 0 Å². The van der Waals surface area contributed by atoms with Crippen molar-refractivity contribution in [1.29, 1.82) is 0 Å². The molecule has 2 aromatic rings. The first-order chi connectivity index (χ1) is 9.12. The number of ether oxygens (including phenoxy) is 1. The maximum atomic E-state index is 13.8. The third-order valence-corrected chi connectivity index (χ3v) is 3.81. The highest BCUT2D eigenvalue weighted by Crippen LogP contribution is 2.32. The van der Waals surface area contributed by atoms with Crippen molar-refractivity contribution >= 4 is 16.6 Å². The molecular weight excluding hydrogens is 243 g/mol. The predicted molar refractivity (Wildman–Crippen MR) is 71.8 cm³/mol. The zero-order chi connectivity index (χ0) is 13.5. The van der Waals surface area contributed by atoms with Crippen LogP contribution in [-0.2, 0) is 4.74 Å². The lowest BCUT2D eigenvalue weighted by atomic mass is 9.89. The average molecular weight is 258 g/mol. The second kappa shape index (κ2) is 4.42. The number of rotatable bonds is 2. The number of hydrogen-bond acceptors (Lipinski definition) is 2. The summed E-state index contributed by atoms with van der Waals surface area (Å²) in [5.41, 5.74) is -0.220. The van der Waals surface area contributed by atoms with E-state index in [1.165, 1.54) is 6.07 Å². The van der Waals surface area contributed by atoms with Gasteiger partial charge in [-0.25, -0.2) is 4.39 Å². The summed E-state index contributed by atoms with van der Waals surface area (Å²) in [6, 6.07) is 9.98. The number of fused-ring (bicyclic) bond motifs is 1. The van der Waals surface area contributed by atoms with Gasteiger partial charge in [0, 0.05) is 17.6 Å². The second-order valence-corrected chi connectivity index (χ2v) is 5.15. The van der Waals surface area contributed by atoms with Crippen LogP contribution in [0.15, 0.2) is 36.4 Å². The van der Waals surface area contributed by atoms with E-state index < -0.39 is 5.60 Å². The standard InChI is InChI=1S/C16H15FO2/c1-16(9-4-10-19-16)15(18)13-7-8-14(17)12-6-3-2-5-11(12)13/h2-3,5-8H,4,9-10H2,1H3. The maximum Gasteiger partial charge on any atom is 0.194 e. The Bertz CT molecular complexity index is 642. The van der Waals surface area contributed by atoms with Crippen LogP contribution in [0.2, 0.25) is 0 Å². The SMILES string of the molecule is CC1(C(=O)c2ccc(F)c3ccccc23)CCCO1. The van der Waals surface area contributed by atoms with Crippen LogP contribution >= 0.6 is 0 Å². The average Bonchev–Trinajstić information content (AvgIpc) is 2.87. The van der Waals surface area contributed by atoms with E-state index in [0.717, 1.165) is 12.8 Å². The molecule has 0 radical (unpaired) electrons. The largest absolute Gasteiger partial charge is 0.367 e. The highest BCUT2D eigenvalue weighted by molar-refractivity contribution is 6.12. The molecule has 0 N–H and O–H groups in total. The normalized spacial score (nSPS) is 22.8. The first kappa shape index (κ1) is 12.3. The fraction of sp³-hybridized carbons (Fsp3) is 0.312. The molecule has 3 heteroatoms. The number of hydrogen-bond donors (Lipinski definition) is 0. The number of halogens is 1. The Labute approximate surface area is 111 Å². The van der Waals surface area contributed by atoms with Gasteiger partial charge in [-0.3, -0.25) is 4.79 Å². The van der Waals surface area contributed by atoms with Crippen LogP contribution in [0.1, 0.15) is 30.1 Å². The third-order valence-electron chi connectivity index (χ3n) is 3.81. The van der Waals surface area contributed by atoms with E-state index in [4.69, 9.17) is 4.74 Å². The molecule has 2 nitrogen and oxygen atoms in total. The lowest BCUT2D eigenvalue weighted by Crippen LogP contribution is -2.34. The first-order valence-electron chi connectivity index (χ1n) is 6.48. The van der Waals surface area contributed by atoms with Crippen molar-refractivity contribution in [1.82, 2.24) is 0 Å². The molecule has 1 heterocycles. The van der Waals surface area contributed by atoms with E-state index in [9.17, 15) is 9.18 Å². The van der Waals surface area contributed by atoms with Crippen molar-refractivity contribution < 1.29 is 13.9 Å². The lowest BCUT2D eigenvalue weighted by molar-refractivity contribution is 0.0215. The van der Waals surface area contributed by atoms with Gasteiger partial charge in [-0.15, -0.1) is 0 Å². The van der Waals surface area contributed by atoms with Crippen molar-refractivity contribution in [3.05, 3.63) is 47.8 Å². The van der Waals surface area contributed by atoms with Gasteiger partial charge in [-0.05, 0) is 37.3 Å². The highest BCUT2D eigenvalue weighted by Gasteiger charge is 2.38. The molecule has 0 bridgehead atoms. The van der Waals surface area contributed by atoms with E-state index >= 15 is 0 Å². The van der Waals surface area contributed by atoms with Crippen molar-refractivity contribution in [2.45, 2.75) is 25.4 Å². The zero-order valence-corrected chi connectivity index (χ0v) is 10.8. The van der Waals surface area contributed by atoms with Crippen molar-refractivity contribution in [3.8, 4) is 0 Å². The van der Waals surface area contributed by atoms with Crippen LogP contribution in [0.5, 0.6) is 0 Å². The van der Waals surface area contributed by atoms with Gasteiger partial charge in [0.15, 0.2) is 5.78 Å². The molecule has 0 spiro atoms. The molecule has 1 saturated heterocycles. The second-order valence-electron chi connectivity index (χ2n) is 5.15. The Hall–Kier alpha value is -1.74. The molecular formula is C16H15FO2. The van der Waals surface area contributed by atoms with Crippen LogP contribution in [0.3, 0.4) is 0 Å². The van der Waals surface area contributed by atoms with Gasteiger partial charge >= 0.3 is 0 Å². The lowest BCUT2D eigenvalue weighted by Gasteiger charge is -2.22. The Morgan fingerprint density at radius 2 is 1.95 bits per heavy atom. The minimum Gasteiger partial charge on any atom is -0.367 e. The van der Waals surface area contributed by atoms with Crippen molar-refractivity contribution in [2.24, 2.45) is 0 Å². The Kier molecular flexibility index (Phi) is 2.86. The van der Waals surface area contributed by atoms with Gasteiger partial charge in [0.25, 0.3) is 0 Å². The molecule has 1 unspecified atom stereocenters. The number of benzene rings is 2. The molecule has 1 aliphatic rings. The smallest absolute Gasteiger partial charge is 0.194 e. The highest BCUT2D eigenvalue weighted by atomic mass is 19.1. The van der Waals surface area contributed by atoms with E-state index in [2.05, 4.69) is 0 Å². The quantitative estimate of drug-likeness (QED) is 0.767. The molecule has 1 fully saturated rings. The number of carbonyl (C=O) groups is 1. The molecule has 1 atom stereocenters. The van der Waals surface area contributed by atoms with E-state index in [-0.39, 0.29) is 11.6 Å². The summed E-state index contributed by atoms with van der Waals surface area (Å²) in [5.74, 6) is -0.356. The number of Topliss-reactive ketones (excluding diaryl/α,β-unsaturated/α-hetero) is 1. The van der Waals surface area contributed by atoms with Gasteiger partial charge < -0.3 is 4.74 Å². The third kappa shape index (κ3) is 1.94. The molecule has 0 aromatic heterocycles. The van der Waals surface area contributed by atoms with Crippen molar-refractivity contribution in [3.63, 3.8) is 0 Å². The minimum atomic E-state index is -0.763. The summed E-state index contributed by atoms with van der Waals surface area (Å²) in [7, 11) is 0. The molecule has 98 valence electrons. The van der Waals surface area contributed by atoms with Crippen molar-refractivity contribution in [2.75, 3.05) is 6.61 Å².